The number of benzene rings is 1. The van der Waals surface area contributed by atoms with E-state index in [0.29, 0.717) is 5.69 Å². The Morgan fingerprint density at radius 1 is 1.32 bits per heavy atom. The number of carbonyl (C=O) groups excluding carboxylic acids is 1. The van der Waals surface area contributed by atoms with Crippen LogP contribution in [0, 0.1) is 0 Å². The lowest BCUT2D eigenvalue weighted by atomic mass is 10.1. The number of rotatable bonds is 3. The van der Waals surface area contributed by atoms with Crippen molar-refractivity contribution in [1.82, 2.24) is 5.32 Å². The molecule has 1 heterocycles. The Kier molecular flexibility index (Phi) is 4.85. The number of carbonyl (C=O) groups is 1. The highest BCUT2D eigenvalue weighted by atomic mass is 19.3. The van der Waals surface area contributed by atoms with E-state index in [0.717, 1.165) is 32.2 Å². The summed E-state index contributed by atoms with van der Waals surface area (Å²) in [5.41, 5.74) is 0.348. The Morgan fingerprint density at radius 2 is 2.16 bits per heavy atom. The van der Waals surface area contributed by atoms with Gasteiger partial charge in [0, 0.05) is 11.3 Å². The number of anilines is 1. The maximum atomic E-state index is 12.6. The minimum atomic E-state index is -2.52. The Hall–Kier alpha value is -1.49. The summed E-state index contributed by atoms with van der Waals surface area (Å²) >= 11 is 0. The first-order valence-electron chi connectivity index (χ1n) is 6.59. The van der Waals surface area contributed by atoms with Crippen molar-refractivity contribution in [1.29, 1.82) is 0 Å². The van der Waals surface area contributed by atoms with Gasteiger partial charge in [-0.05, 0) is 31.5 Å². The van der Waals surface area contributed by atoms with Gasteiger partial charge in [-0.1, -0.05) is 25.0 Å². The first-order valence-corrected chi connectivity index (χ1v) is 6.59. The number of hydrogen-bond donors (Lipinski definition) is 2. The normalized spacial score (nSPS) is 20.1. The van der Waals surface area contributed by atoms with Crippen LogP contribution in [0.4, 0.5) is 14.5 Å². The fourth-order valence-electron chi connectivity index (χ4n) is 2.23. The van der Waals surface area contributed by atoms with Crippen molar-refractivity contribution in [3.8, 4) is 0 Å². The molecular weight excluding hydrogens is 250 g/mol. The van der Waals surface area contributed by atoms with Crippen LogP contribution in [0.5, 0.6) is 0 Å². The molecule has 1 saturated heterocycles. The molecule has 0 radical (unpaired) electrons. The quantitative estimate of drug-likeness (QED) is 0.884. The first-order chi connectivity index (χ1) is 9.16. The summed E-state index contributed by atoms with van der Waals surface area (Å²) in [6.45, 7) is 0.829. The number of halogens is 2. The topological polar surface area (TPSA) is 41.1 Å². The van der Waals surface area contributed by atoms with Gasteiger partial charge >= 0.3 is 0 Å². The third kappa shape index (κ3) is 3.99. The fourth-order valence-corrected chi connectivity index (χ4v) is 2.23. The van der Waals surface area contributed by atoms with Crippen molar-refractivity contribution in [3.63, 3.8) is 0 Å². The zero-order chi connectivity index (χ0) is 13.7. The second kappa shape index (κ2) is 6.61. The van der Waals surface area contributed by atoms with E-state index in [1.165, 1.54) is 18.2 Å². The Balaban J connectivity index is 1.99. The Morgan fingerprint density at radius 3 is 2.95 bits per heavy atom. The number of nitrogens with one attached hydrogen (secondary N) is 2. The average molecular weight is 268 g/mol. The predicted molar refractivity (Wildman–Crippen MR) is 70.3 cm³/mol. The molecule has 2 N–H and O–H groups in total. The second-order valence-corrected chi connectivity index (χ2v) is 4.77. The van der Waals surface area contributed by atoms with E-state index in [4.69, 9.17) is 0 Å². The summed E-state index contributed by atoms with van der Waals surface area (Å²) in [5, 5.41) is 5.88. The third-order valence-corrected chi connectivity index (χ3v) is 3.28. The molecule has 1 amide bonds. The van der Waals surface area contributed by atoms with Crippen molar-refractivity contribution >= 4 is 11.6 Å². The molecule has 0 bridgehead atoms. The van der Waals surface area contributed by atoms with Crippen LogP contribution in [-0.4, -0.2) is 18.5 Å². The minimum absolute atomic E-state index is 0.0772. The van der Waals surface area contributed by atoms with Gasteiger partial charge in [-0.3, -0.25) is 4.79 Å². The summed E-state index contributed by atoms with van der Waals surface area (Å²) in [7, 11) is 0. The van der Waals surface area contributed by atoms with Crippen molar-refractivity contribution in [3.05, 3.63) is 29.8 Å². The predicted octanol–water partition coefficient (Wildman–Crippen LogP) is 3.09. The zero-order valence-electron chi connectivity index (χ0n) is 10.7. The van der Waals surface area contributed by atoms with Crippen molar-refractivity contribution in [2.24, 2.45) is 0 Å². The van der Waals surface area contributed by atoms with Crippen LogP contribution in [0.2, 0.25) is 0 Å². The van der Waals surface area contributed by atoms with Gasteiger partial charge in [0.2, 0.25) is 5.91 Å². The molecule has 1 unspecified atom stereocenters. The van der Waals surface area contributed by atoms with Crippen molar-refractivity contribution < 1.29 is 13.6 Å². The minimum Gasteiger partial charge on any atom is -0.325 e. The molecule has 3 nitrogen and oxygen atoms in total. The highest BCUT2D eigenvalue weighted by molar-refractivity contribution is 5.94. The summed E-state index contributed by atoms with van der Waals surface area (Å²) in [4.78, 5) is 12.0. The molecule has 1 aliphatic rings. The van der Waals surface area contributed by atoms with Gasteiger partial charge in [0.05, 0.1) is 6.04 Å². The molecular formula is C14H18F2N2O. The van der Waals surface area contributed by atoms with Gasteiger partial charge in [0.25, 0.3) is 6.43 Å². The van der Waals surface area contributed by atoms with Crippen LogP contribution in [0.1, 0.15) is 37.7 Å². The maximum absolute atomic E-state index is 12.6. The average Bonchev–Trinajstić information content (AvgIpc) is 2.68. The monoisotopic (exact) mass is 268 g/mol. The molecule has 0 saturated carbocycles. The van der Waals surface area contributed by atoms with Crippen LogP contribution < -0.4 is 10.6 Å². The fraction of sp³-hybridized carbons (Fsp3) is 0.500. The molecule has 0 spiro atoms. The number of alkyl halides is 2. The third-order valence-electron chi connectivity index (χ3n) is 3.28. The molecule has 2 rings (SSSR count). The standard InChI is InChI=1S/C14H18F2N2O/c15-13(16)10-5-4-6-11(9-10)18-14(19)12-7-2-1-3-8-17-12/h4-6,9,12-13,17H,1-3,7-8H2,(H,18,19). The van der Waals surface area contributed by atoms with Gasteiger partial charge < -0.3 is 10.6 Å². The van der Waals surface area contributed by atoms with Crippen LogP contribution >= 0.6 is 0 Å². The van der Waals surface area contributed by atoms with Crippen LogP contribution in [-0.2, 0) is 4.79 Å². The van der Waals surface area contributed by atoms with E-state index in [9.17, 15) is 13.6 Å². The molecule has 104 valence electrons. The van der Waals surface area contributed by atoms with Crippen LogP contribution in [0.3, 0.4) is 0 Å². The molecule has 1 aromatic carbocycles. The maximum Gasteiger partial charge on any atom is 0.263 e. The number of hydrogen-bond acceptors (Lipinski definition) is 2. The molecule has 0 aliphatic carbocycles. The smallest absolute Gasteiger partial charge is 0.263 e. The van der Waals surface area contributed by atoms with Gasteiger partial charge in [-0.2, -0.15) is 0 Å². The Bertz CT molecular complexity index is 429. The largest absolute Gasteiger partial charge is 0.325 e. The molecule has 1 aliphatic heterocycles. The summed E-state index contributed by atoms with van der Waals surface area (Å²) in [6.07, 6.45) is 1.48. The van der Waals surface area contributed by atoms with E-state index in [-0.39, 0.29) is 17.5 Å². The van der Waals surface area contributed by atoms with Gasteiger partial charge in [-0.25, -0.2) is 8.78 Å². The SMILES string of the molecule is O=C(Nc1cccc(C(F)F)c1)C1CCCCCN1. The first kappa shape index (κ1) is 13.9. The molecule has 5 heteroatoms. The van der Waals surface area contributed by atoms with Crippen LogP contribution in [0.25, 0.3) is 0 Å². The summed E-state index contributed by atoms with van der Waals surface area (Å²) in [5.74, 6) is -0.145. The van der Waals surface area contributed by atoms with Crippen molar-refractivity contribution in [2.75, 3.05) is 11.9 Å². The molecule has 1 aromatic rings. The van der Waals surface area contributed by atoms with Gasteiger partial charge in [-0.15, -0.1) is 0 Å². The lowest BCUT2D eigenvalue weighted by Crippen LogP contribution is -2.39. The summed E-state index contributed by atoms with van der Waals surface area (Å²) < 4.78 is 25.1. The zero-order valence-corrected chi connectivity index (χ0v) is 10.7. The lowest BCUT2D eigenvalue weighted by molar-refractivity contribution is -0.118. The van der Waals surface area contributed by atoms with E-state index >= 15 is 0 Å². The molecule has 1 atom stereocenters. The highest BCUT2D eigenvalue weighted by Crippen LogP contribution is 2.22. The lowest BCUT2D eigenvalue weighted by Gasteiger charge is -2.16. The van der Waals surface area contributed by atoms with Gasteiger partial charge in [0.15, 0.2) is 0 Å². The van der Waals surface area contributed by atoms with Gasteiger partial charge in [0.1, 0.15) is 0 Å². The van der Waals surface area contributed by atoms with E-state index in [1.54, 1.807) is 6.07 Å². The molecule has 19 heavy (non-hydrogen) atoms. The summed E-state index contributed by atoms with van der Waals surface area (Å²) in [6, 6.07) is 5.60. The number of amides is 1. The van der Waals surface area contributed by atoms with E-state index in [1.807, 2.05) is 0 Å². The van der Waals surface area contributed by atoms with E-state index in [2.05, 4.69) is 10.6 Å². The second-order valence-electron chi connectivity index (χ2n) is 4.77. The van der Waals surface area contributed by atoms with E-state index < -0.39 is 6.43 Å². The molecule has 0 aromatic heterocycles. The Labute approximate surface area is 111 Å². The molecule has 1 fully saturated rings. The highest BCUT2D eigenvalue weighted by Gasteiger charge is 2.19. The van der Waals surface area contributed by atoms with Crippen LogP contribution in [0.15, 0.2) is 24.3 Å². The van der Waals surface area contributed by atoms with Crippen molar-refractivity contribution in [2.45, 2.75) is 38.2 Å².